The van der Waals surface area contributed by atoms with Gasteiger partial charge >= 0.3 is 0 Å². The Hall–Kier alpha value is -0.120. The van der Waals surface area contributed by atoms with Crippen molar-refractivity contribution in [3.8, 4) is 0 Å². The summed E-state index contributed by atoms with van der Waals surface area (Å²) < 4.78 is 5.51. The molecule has 3 saturated carbocycles. The van der Waals surface area contributed by atoms with E-state index < -0.39 is 5.60 Å². The molecule has 3 fully saturated rings. The van der Waals surface area contributed by atoms with Gasteiger partial charge in [-0.1, -0.05) is 6.42 Å². The van der Waals surface area contributed by atoms with E-state index in [4.69, 9.17) is 10.5 Å². The first-order valence-electron chi connectivity index (χ1n) is 7.59. The van der Waals surface area contributed by atoms with E-state index in [0.717, 1.165) is 38.0 Å². The van der Waals surface area contributed by atoms with Gasteiger partial charge in [0.2, 0.25) is 0 Å². The molecule has 3 N–H and O–H groups in total. The van der Waals surface area contributed by atoms with E-state index in [2.05, 4.69) is 0 Å². The minimum absolute atomic E-state index is 0.00683. The SMILES string of the molecule is COC1CCCC(O)(C2(CN)CC3CCC2C3)C1. The first-order chi connectivity index (χ1) is 8.63. The Morgan fingerprint density at radius 3 is 2.67 bits per heavy atom. The van der Waals surface area contributed by atoms with E-state index in [-0.39, 0.29) is 11.5 Å². The third kappa shape index (κ3) is 1.67. The molecule has 0 aliphatic heterocycles. The molecule has 0 aromatic carbocycles. The van der Waals surface area contributed by atoms with Crippen molar-refractivity contribution in [2.75, 3.05) is 13.7 Å². The second-order valence-corrected chi connectivity index (χ2v) is 6.93. The monoisotopic (exact) mass is 253 g/mol. The van der Waals surface area contributed by atoms with Crippen molar-refractivity contribution in [3.63, 3.8) is 0 Å². The van der Waals surface area contributed by atoms with Crippen molar-refractivity contribution in [3.05, 3.63) is 0 Å². The van der Waals surface area contributed by atoms with Crippen LogP contribution in [0.15, 0.2) is 0 Å². The predicted octanol–water partition coefficient (Wildman–Crippen LogP) is 2.07. The van der Waals surface area contributed by atoms with Crippen molar-refractivity contribution in [1.29, 1.82) is 0 Å². The molecule has 3 nitrogen and oxygen atoms in total. The Balaban J connectivity index is 1.86. The smallest absolute Gasteiger partial charge is 0.0743 e. The molecular formula is C15H27NO2. The van der Waals surface area contributed by atoms with Crippen LogP contribution >= 0.6 is 0 Å². The first kappa shape index (κ1) is 12.9. The Morgan fingerprint density at radius 1 is 1.28 bits per heavy atom. The van der Waals surface area contributed by atoms with Gasteiger partial charge in [0, 0.05) is 25.5 Å². The molecule has 0 heterocycles. The summed E-state index contributed by atoms with van der Waals surface area (Å²) in [5, 5.41) is 11.3. The van der Waals surface area contributed by atoms with E-state index in [1.807, 2.05) is 0 Å². The number of aliphatic hydroxyl groups is 1. The Kier molecular flexibility index (Phi) is 3.20. The zero-order valence-electron chi connectivity index (χ0n) is 11.5. The van der Waals surface area contributed by atoms with Crippen molar-refractivity contribution >= 4 is 0 Å². The van der Waals surface area contributed by atoms with Gasteiger partial charge < -0.3 is 15.6 Å². The van der Waals surface area contributed by atoms with Crippen LogP contribution in [0, 0.1) is 17.3 Å². The molecule has 0 amide bonds. The summed E-state index contributed by atoms with van der Waals surface area (Å²) in [5.41, 5.74) is 5.58. The maximum absolute atomic E-state index is 11.3. The van der Waals surface area contributed by atoms with E-state index >= 15 is 0 Å². The first-order valence-corrected chi connectivity index (χ1v) is 7.59. The Bertz CT molecular complexity index is 322. The fourth-order valence-electron chi connectivity index (χ4n) is 5.31. The highest BCUT2D eigenvalue weighted by molar-refractivity contribution is 5.12. The lowest BCUT2D eigenvalue weighted by Crippen LogP contribution is -2.58. The highest BCUT2D eigenvalue weighted by Gasteiger charge is 2.61. The molecule has 2 bridgehead atoms. The van der Waals surface area contributed by atoms with Crippen LogP contribution in [0.25, 0.3) is 0 Å². The molecule has 0 aromatic heterocycles. The number of nitrogens with two attached hydrogens (primary N) is 1. The molecule has 3 rings (SSSR count). The zero-order chi connectivity index (χ0) is 12.8. The quantitative estimate of drug-likeness (QED) is 0.809. The fourth-order valence-corrected chi connectivity index (χ4v) is 5.31. The van der Waals surface area contributed by atoms with E-state index in [1.165, 1.54) is 19.3 Å². The van der Waals surface area contributed by atoms with Crippen molar-refractivity contribution < 1.29 is 9.84 Å². The van der Waals surface area contributed by atoms with Gasteiger partial charge in [-0.15, -0.1) is 0 Å². The lowest BCUT2D eigenvalue weighted by molar-refractivity contribution is -0.156. The number of ether oxygens (including phenoxy) is 1. The number of fused-ring (bicyclic) bond motifs is 2. The second kappa shape index (κ2) is 4.46. The Morgan fingerprint density at radius 2 is 2.11 bits per heavy atom. The van der Waals surface area contributed by atoms with Gasteiger partial charge in [-0.3, -0.25) is 0 Å². The normalized spacial score (nSPS) is 51.8. The van der Waals surface area contributed by atoms with E-state index in [1.54, 1.807) is 7.11 Å². The standard InChI is InChI=1S/C15H27NO2/c1-18-13-3-2-6-15(17,9-13)14(10-16)8-11-4-5-12(14)7-11/h11-13,17H,2-10,16H2,1H3. The number of hydrogen-bond donors (Lipinski definition) is 2. The summed E-state index contributed by atoms with van der Waals surface area (Å²) >= 11 is 0. The van der Waals surface area contributed by atoms with Crippen LogP contribution in [0.1, 0.15) is 51.4 Å². The third-order valence-electron chi connectivity index (χ3n) is 6.28. The molecule has 0 saturated heterocycles. The molecule has 18 heavy (non-hydrogen) atoms. The largest absolute Gasteiger partial charge is 0.389 e. The molecule has 0 radical (unpaired) electrons. The van der Waals surface area contributed by atoms with Crippen LogP contribution in [0.3, 0.4) is 0 Å². The van der Waals surface area contributed by atoms with Crippen LogP contribution < -0.4 is 5.73 Å². The van der Waals surface area contributed by atoms with Crippen LogP contribution in [0.4, 0.5) is 0 Å². The van der Waals surface area contributed by atoms with Crippen molar-refractivity contribution in [2.45, 2.75) is 63.1 Å². The highest BCUT2D eigenvalue weighted by Crippen LogP contribution is 2.62. The van der Waals surface area contributed by atoms with Crippen LogP contribution in [0.2, 0.25) is 0 Å². The molecule has 3 aliphatic carbocycles. The fraction of sp³-hybridized carbons (Fsp3) is 1.00. The van der Waals surface area contributed by atoms with Gasteiger partial charge in [0.25, 0.3) is 0 Å². The van der Waals surface area contributed by atoms with Gasteiger partial charge in [0.05, 0.1) is 11.7 Å². The van der Waals surface area contributed by atoms with Crippen molar-refractivity contribution in [1.82, 2.24) is 0 Å². The molecule has 104 valence electrons. The Labute approximate surface area is 110 Å². The minimum atomic E-state index is -0.569. The van der Waals surface area contributed by atoms with Crippen molar-refractivity contribution in [2.24, 2.45) is 23.0 Å². The number of hydrogen-bond acceptors (Lipinski definition) is 3. The van der Waals surface area contributed by atoms with Gasteiger partial charge in [0.1, 0.15) is 0 Å². The number of rotatable bonds is 3. The number of methoxy groups -OCH3 is 1. The average molecular weight is 253 g/mol. The molecule has 3 aliphatic rings. The maximum atomic E-state index is 11.3. The lowest BCUT2D eigenvalue weighted by atomic mass is 9.57. The second-order valence-electron chi connectivity index (χ2n) is 6.93. The summed E-state index contributed by atoms with van der Waals surface area (Å²) in [6, 6.07) is 0. The molecule has 0 aromatic rings. The predicted molar refractivity (Wildman–Crippen MR) is 71.2 cm³/mol. The van der Waals surface area contributed by atoms with Gasteiger partial charge in [-0.25, -0.2) is 0 Å². The molecular weight excluding hydrogens is 226 g/mol. The summed E-state index contributed by atoms with van der Waals surface area (Å²) in [4.78, 5) is 0. The maximum Gasteiger partial charge on any atom is 0.0743 e. The van der Waals surface area contributed by atoms with Crippen LogP contribution in [-0.2, 0) is 4.74 Å². The van der Waals surface area contributed by atoms with Gasteiger partial charge in [-0.05, 0) is 50.4 Å². The third-order valence-corrected chi connectivity index (χ3v) is 6.28. The molecule has 0 spiro atoms. The average Bonchev–Trinajstić information content (AvgIpc) is 2.99. The zero-order valence-corrected chi connectivity index (χ0v) is 11.5. The summed E-state index contributed by atoms with van der Waals surface area (Å²) in [6.07, 6.45) is 9.21. The van der Waals surface area contributed by atoms with Crippen LogP contribution in [-0.4, -0.2) is 30.5 Å². The lowest BCUT2D eigenvalue weighted by Gasteiger charge is -2.52. The van der Waals surface area contributed by atoms with E-state index in [0.29, 0.717) is 12.5 Å². The summed E-state index contributed by atoms with van der Waals surface area (Å²) in [7, 11) is 1.77. The summed E-state index contributed by atoms with van der Waals surface area (Å²) in [6.45, 7) is 0.654. The van der Waals surface area contributed by atoms with Crippen LogP contribution in [0.5, 0.6) is 0 Å². The molecule has 5 atom stereocenters. The topological polar surface area (TPSA) is 55.5 Å². The van der Waals surface area contributed by atoms with Gasteiger partial charge in [-0.2, -0.15) is 0 Å². The summed E-state index contributed by atoms with van der Waals surface area (Å²) in [5.74, 6) is 1.48. The molecule has 3 heteroatoms. The minimum Gasteiger partial charge on any atom is -0.389 e. The van der Waals surface area contributed by atoms with E-state index in [9.17, 15) is 5.11 Å². The molecule has 5 unspecified atom stereocenters. The highest BCUT2D eigenvalue weighted by atomic mass is 16.5. The van der Waals surface area contributed by atoms with Gasteiger partial charge in [0.15, 0.2) is 0 Å².